The number of ether oxygens (including phenoxy) is 1. The molecule has 3 rings (SSSR count). The molecule has 2 N–H and O–H groups in total. The van der Waals surface area contributed by atoms with Crippen molar-refractivity contribution in [1.82, 2.24) is 5.32 Å². The van der Waals surface area contributed by atoms with Gasteiger partial charge in [0.1, 0.15) is 11.5 Å². The first-order valence-electron chi connectivity index (χ1n) is 8.20. The molecule has 6 nitrogen and oxygen atoms in total. The van der Waals surface area contributed by atoms with Gasteiger partial charge in [0.25, 0.3) is 5.91 Å². The van der Waals surface area contributed by atoms with Crippen LogP contribution in [0, 0.1) is 0 Å². The average Bonchev–Trinajstić information content (AvgIpc) is 2.62. The second-order valence-electron chi connectivity index (χ2n) is 5.82. The molecule has 2 aromatic carbocycles. The molecule has 2 amide bonds. The number of nitrogens with zero attached hydrogens (tertiary/aromatic N) is 1. The Morgan fingerprint density at radius 2 is 1.92 bits per heavy atom. The molecule has 0 radical (unpaired) electrons. The normalized spacial score (nSPS) is 13.1. The molecule has 6 heteroatoms. The molecule has 0 saturated carbocycles. The van der Waals surface area contributed by atoms with Crippen molar-refractivity contribution in [3.8, 4) is 11.5 Å². The highest BCUT2D eigenvalue weighted by Gasteiger charge is 2.25. The van der Waals surface area contributed by atoms with E-state index in [1.807, 2.05) is 36.4 Å². The second kappa shape index (κ2) is 7.70. The lowest BCUT2D eigenvalue weighted by Crippen LogP contribution is -2.41. The van der Waals surface area contributed by atoms with Crippen molar-refractivity contribution in [3.05, 3.63) is 54.1 Å². The van der Waals surface area contributed by atoms with Crippen LogP contribution in [-0.2, 0) is 16.0 Å². The first-order valence-corrected chi connectivity index (χ1v) is 8.20. The predicted molar refractivity (Wildman–Crippen MR) is 93.7 cm³/mol. The number of carbonyl (C=O) groups excluding carboxylic acids is 2. The molecule has 0 fully saturated rings. The second-order valence-corrected chi connectivity index (χ2v) is 5.82. The monoisotopic (exact) mass is 340 g/mol. The van der Waals surface area contributed by atoms with Crippen LogP contribution in [0.2, 0.25) is 0 Å². The highest BCUT2D eigenvalue weighted by Crippen LogP contribution is 2.31. The summed E-state index contributed by atoms with van der Waals surface area (Å²) < 4.78 is 5.39. The minimum absolute atomic E-state index is 0.000511. The number of phenols is 1. The zero-order valence-electron chi connectivity index (χ0n) is 13.8. The third-order valence-electron chi connectivity index (χ3n) is 4.04. The van der Waals surface area contributed by atoms with E-state index in [1.165, 1.54) is 0 Å². The Bertz CT molecular complexity index is 758. The van der Waals surface area contributed by atoms with Crippen molar-refractivity contribution in [2.75, 3.05) is 24.6 Å². The Labute approximate surface area is 146 Å². The molecule has 130 valence electrons. The number of para-hydroxylation sites is 2. The number of hydrogen-bond acceptors (Lipinski definition) is 4. The van der Waals surface area contributed by atoms with Gasteiger partial charge in [0.15, 0.2) is 6.61 Å². The maximum Gasteiger partial charge on any atom is 0.265 e. The van der Waals surface area contributed by atoms with Crippen LogP contribution in [0.5, 0.6) is 11.5 Å². The van der Waals surface area contributed by atoms with Crippen LogP contribution in [0.15, 0.2) is 48.5 Å². The lowest BCUT2D eigenvalue weighted by atomic mass is 10.1. The molecule has 0 aliphatic carbocycles. The minimum Gasteiger partial charge on any atom is -0.508 e. The molecular formula is C19H20N2O4. The fraction of sp³-hybridized carbons (Fsp3) is 0.263. The van der Waals surface area contributed by atoms with E-state index in [4.69, 9.17) is 4.74 Å². The Kier molecular flexibility index (Phi) is 5.18. The smallest absolute Gasteiger partial charge is 0.265 e. The lowest BCUT2D eigenvalue weighted by Gasteiger charge is -2.29. The van der Waals surface area contributed by atoms with Crippen molar-refractivity contribution >= 4 is 17.5 Å². The van der Waals surface area contributed by atoms with E-state index < -0.39 is 0 Å². The van der Waals surface area contributed by atoms with E-state index >= 15 is 0 Å². The number of amides is 2. The molecule has 0 unspecified atom stereocenters. The number of hydrogen-bond donors (Lipinski definition) is 2. The van der Waals surface area contributed by atoms with Gasteiger partial charge in [-0.15, -0.1) is 0 Å². The maximum atomic E-state index is 12.0. The third-order valence-corrected chi connectivity index (χ3v) is 4.04. The molecule has 1 heterocycles. The molecular weight excluding hydrogens is 320 g/mol. The number of nitrogens with one attached hydrogen (secondary N) is 1. The number of carbonyl (C=O) groups is 2. The topological polar surface area (TPSA) is 78.9 Å². The molecule has 0 atom stereocenters. The molecule has 1 aliphatic rings. The maximum absolute atomic E-state index is 12.0. The highest BCUT2D eigenvalue weighted by molar-refractivity contribution is 5.98. The van der Waals surface area contributed by atoms with Crippen LogP contribution in [0.25, 0.3) is 0 Å². The summed E-state index contributed by atoms with van der Waals surface area (Å²) in [6.45, 7) is 0.834. The summed E-state index contributed by atoms with van der Waals surface area (Å²) in [4.78, 5) is 25.7. The fourth-order valence-electron chi connectivity index (χ4n) is 2.71. The summed E-state index contributed by atoms with van der Waals surface area (Å²) in [5.74, 6) is 0.643. The van der Waals surface area contributed by atoms with E-state index in [-0.39, 0.29) is 30.6 Å². The van der Waals surface area contributed by atoms with Crippen LogP contribution in [0.4, 0.5) is 5.69 Å². The van der Waals surface area contributed by atoms with Crippen molar-refractivity contribution in [2.45, 2.75) is 12.8 Å². The summed E-state index contributed by atoms with van der Waals surface area (Å²) in [6, 6.07) is 14.2. The van der Waals surface area contributed by atoms with Crippen LogP contribution in [0.1, 0.15) is 12.0 Å². The summed E-state index contributed by atoms with van der Waals surface area (Å²) in [7, 11) is 0. The summed E-state index contributed by atoms with van der Waals surface area (Å²) in [6.07, 6.45) is 0.918. The van der Waals surface area contributed by atoms with E-state index in [9.17, 15) is 14.7 Å². The van der Waals surface area contributed by atoms with Crippen LogP contribution in [0.3, 0.4) is 0 Å². The molecule has 2 aromatic rings. The summed E-state index contributed by atoms with van der Waals surface area (Å²) in [5, 5.41) is 12.1. The Hall–Kier alpha value is -3.02. The Balaban J connectivity index is 1.47. The number of benzene rings is 2. The highest BCUT2D eigenvalue weighted by atomic mass is 16.5. The summed E-state index contributed by atoms with van der Waals surface area (Å²) in [5.41, 5.74) is 1.74. The molecule has 1 aliphatic heterocycles. The van der Waals surface area contributed by atoms with E-state index in [0.717, 1.165) is 5.56 Å². The van der Waals surface area contributed by atoms with Gasteiger partial charge in [0.05, 0.1) is 5.69 Å². The van der Waals surface area contributed by atoms with Gasteiger partial charge >= 0.3 is 0 Å². The average molecular weight is 340 g/mol. The number of anilines is 1. The van der Waals surface area contributed by atoms with Crippen molar-refractivity contribution in [1.29, 1.82) is 0 Å². The van der Waals surface area contributed by atoms with Gasteiger partial charge in [-0.2, -0.15) is 0 Å². The standard InChI is InChI=1S/C19H20N2O4/c22-15-7-5-14(6-8-15)9-11-20-18(23)10-12-21-16-3-1-2-4-17(16)25-13-19(21)24/h1-8,22H,9-13H2,(H,20,23). The number of fused-ring (bicyclic) bond motifs is 1. The van der Waals surface area contributed by atoms with E-state index in [0.29, 0.717) is 30.9 Å². The number of rotatable bonds is 6. The van der Waals surface area contributed by atoms with Crippen molar-refractivity contribution in [3.63, 3.8) is 0 Å². The van der Waals surface area contributed by atoms with E-state index in [1.54, 1.807) is 17.0 Å². The van der Waals surface area contributed by atoms with Crippen molar-refractivity contribution < 1.29 is 19.4 Å². The zero-order chi connectivity index (χ0) is 17.6. The molecule has 0 saturated heterocycles. The van der Waals surface area contributed by atoms with Gasteiger partial charge in [0.2, 0.25) is 5.91 Å². The Morgan fingerprint density at radius 1 is 1.16 bits per heavy atom. The largest absolute Gasteiger partial charge is 0.508 e. The summed E-state index contributed by atoms with van der Waals surface area (Å²) >= 11 is 0. The van der Waals surface area contributed by atoms with Gasteiger partial charge in [-0.3, -0.25) is 9.59 Å². The van der Waals surface area contributed by atoms with Gasteiger partial charge < -0.3 is 20.1 Å². The number of aromatic hydroxyl groups is 1. The van der Waals surface area contributed by atoms with Crippen LogP contribution >= 0.6 is 0 Å². The molecule has 0 bridgehead atoms. The van der Waals surface area contributed by atoms with Crippen molar-refractivity contribution in [2.24, 2.45) is 0 Å². The SMILES string of the molecule is O=C(CCN1C(=O)COc2ccccc21)NCCc1ccc(O)cc1. The molecule has 0 aromatic heterocycles. The first kappa shape index (κ1) is 16.8. The van der Waals surface area contributed by atoms with Crippen LogP contribution in [-0.4, -0.2) is 36.6 Å². The predicted octanol–water partition coefficient (Wildman–Crippen LogP) is 1.87. The minimum atomic E-state index is -0.143. The third kappa shape index (κ3) is 4.29. The zero-order valence-corrected chi connectivity index (χ0v) is 13.8. The fourth-order valence-corrected chi connectivity index (χ4v) is 2.71. The van der Waals surface area contributed by atoms with E-state index in [2.05, 4.69) is 5.32 Å². The van der Waals surface area contributed by atoms with Gasteiger partial charge in [0, 0.05) is 19.5 Å². The van der Waals surface area contributed by atoms with Crippen LogP contribution < -0.4 is 15.0 Å². The quantitative estimate of drug-likeness (QED) is 0.841. The Morgan fingerprint density at radius 3 is 2.72 bits per heavy atom. The lowest BCUT2D eigenvalue weighted by molar-refractivity contribution is -0.122. The molecule has 25 heavy (non-hydrogen) atoms. The van der Waals surface area contributed by atoms with Gasteiger partial charge in [-0.05, 0) is 36.2 Å². The van der Waals surface area contributed by atoms with Gasteiger partial charge in [-0.1, -0.05) is 24.3 Å². The number of phenolic OH excluding ortho intramolecular Hbond substituents is 1. The first-order chi connectivity index (χ1) is 12.1. The van der Waals surface area contributed by atoms with Gasteiger partial charge in [-0.25, -0.2) is 0 Å². The molecule has 0 spiro atoms.